The first-order chi connectivity index (χ1) is 11.7. The summed E-state index contributed by atoms with van der Waals surface area (Å²) < 4.78 is 7.49. The SMILES string of the molecule is N#CCc1ccc(OC[C@H](O)CN[C@@H]2CCc3ncnn3C2)cc1. The second-order valence-electron chi connectivity index (χ2n) is 5.95. The molecule has 7 heteroatoms. The lowest BCUT2D eigenvalue weighted by atomic mass is 10.1. The fraction of sp³-hybridized carbons (Fsp3) is 0.471. The third-order valence-corrected chi connectivity index (χ3v) is 4.10. The number of fused-ring (bicyclic) bond motifs is 1. The number of ether oxygens (including phenoxy) is 1. The van der Waals surface area contributed by atoms with Gasteiger partial charge in [0.2, 0.25) is 0 Å². The van der Waals surface area contributed by atoms with Crippen molar-refractivity contribution in [1.82, 2.24) is 20.1 Å². The molecule has 3 rings (SSSR count). The lowest BCUT2D eigenvalue weighted by Crippen LogP contribution is -2.42. The highest BCUT2D eigenvalue weighted by molar-refractivity contribution is 5.28. The lowest BCUT2D eigenvalue weighted by molar-refractivity contribution is 0.101. The van der Waals surface area contributed by atoms with E-state index in [9.17, 15) is 5.11 Å². The minimum absolute atomic E-state index is 0.228. The Balaban J connectivity index is 1.38. The first-order valence-corrected chi connectivity index (χ1v) is 8.11. The molecule has 0 fully saturated rings. The Bertz CT molecular complexity index is 692. The van der Waals surface area contributed by atoms with Gasteiger partial charge in [-0.25, -0.2) is 9.67 Å². The van der Waals surface area contributed by atoms with Gasteiger partial charge >= 0.3 is 0 Å². The average Bonchev–Trinajstić information content (AvgIpc) is 3.07. The van der Waals surface area contributed by atoms with Gasteiger partial charge in [-0.05, 0) is 24.1 Å². The first kappa shape index (κ1) is 16.4. The maximum absolute atomic E-state index is 10.1. The van der Waals surface area contributed by atoms with Crippen LogP contribution in [0.2, 0.25) is 0 Å². The second-order valence-corrected chi connectivity index (χ2v) is 5.95. The summed E-state index contributed by atoms with van der Waals surface area (Å²) in [6, 6.07) is 9.76. The van der Waals surface area contributed by atoms with E-state index in [0.29, 0.717) is 24.8 Å². The molecule has 1 aromatic heterocycles. The molecule has 7 nitrogen and oxygen atoms in total. The maximum atomic E-state index is 10.1. The van der Waals surface area contributed by atoms with E-state index in [2.05, 4.69) is 21.5 Å². The van der Waals surface area contributed by atoms with Crippen LogP contribution in [0.15, 0.2) is 30.6 Å². The number of aliphatic hydroxyl groups is 1. The summed E-state index contributed by atoms with van der Waals surface area (Å²) in [6.45, 7) is 1.48. The molecule has 24 heavy (non-hydrogen) atoms. The lowest BCUT2D eigenvalue weighted by Gasteiger charge is -2.24. The van der Waals surface area contributed by atoms with Crippen LogP contribution in [0.25, 0.3) is 0 Å². The van der Waals surface area contributed by atoms with Gasteiger partial charge in [-0.1, -0.05) is 12.1 Å². The van der Waals surface area contributed by atoms with Crippen molar-refractivity contribution in [2.45, 2.75) is 38.0 Å². The number of nitrogens with one attached hydrogen (secondary N) is 1. The van der Waals surface area contributed by atoms with E-state index in [1.54, 1.807) is 6.33 Å². The largest absolute Gasteiger partial charge is 0.491 e. The van der Waals surface area contributed by atoms with Gasteiger partial charge in [-0.3, -0.25) is 0 Å². The van der Waals surface area contributed by atoms with Gasteiger partial charge in [-0.2, -0.15) is 10.4 Å². The molecule has 2 aromatic rings. The molecule has 2 atom stereocenters. The summed E-state index contributed by atoms with van der Waals surface area (Å²) in [5.74, 6) is 1.72. The second kappa shape index (κ2) is 7.90. The van der Waals surface area contributed by atoms with E-state index in [4.69, 9.17) is 10.00 Å². The number of hydrogen-bond donors (Lipinski definition) is 2. The van der Waals surface area contributed by atoms with Gasteiger partial charge in [0.25, 0.3) is 0 Å². The Morgan fingerprint density at radius 2 is 2.25 bits per heavy atom. The van der Waals surface area contributed by atoms with E-state index in [-0.39, 0.29) is 6.61 Å². The van der Waals surface area contributed by atoms with Gasteiger partial charge in [0.1, 0.15) is 30.6 Å². The Morgan fingerprint density at radius 3 is 3.04 bits per heavy atom. The minimum Gasteiger partial charge on any atom is -0.491 e. The Morgan fingerprint density at radius 1 is 1.42 bits per heavy atom. The summed E-state index contributed by atoms with van der Waals surface area (Å²) >= 11 is 0. The van der Waals surface area contributed by atoms with E-state index >= 15 is 0 Å². The zero-order valence-corrected chi connectivity index (χ0v) is 13.4. The van der Waals surface area contributed by atoms with Gasteiger partial charge in [-0.15, -0.1) is 0 Å². The predicted molar refractivity (Wildman–Crippen MR) is 87.4 cm³/mol. The fourth-order valence-electron chi connectivity index (χ4n) is 2.75. The third-order valence-electron chi connectivity index (χ3n) is 4.10. The number of hydrogen-bond acceptors (Lipinski definition) is 6. The summed E-state index contributed by atoms with van der Waals surface area (Å²) in [5, 5.41) is 26.3. The number of aliphatic hydroxyl groups excluding tert-OH is 1. The molecule has 0 aliphatic carbocycles. The normalized spacial score (nSPS) is 17.8. The van der Waals surface area contributed by atoms with Crippen molar-refractivity contribution in [3.05, 3.63) is 42.0 Å². The number of nitriles is 1. The van der Waals surface area contributed by atoms with Crippen molar-refractivity contribution in [2.24, 2.45) is 0 Å². The summed E-state index contributed by atoms with van der Waals surface area (Å²) in [6.07, 6.45) is 3.29. The van der Waals surface area contributed by atoms with Crippen LogP contribution in [0, 0.1) is 11.3 Å². The topological polar surface area (TPSA) is 96.0 Å². The van der Waals surface area contributed by atoms with Crippen LogP contribution in [0.4, 0.5) is 0 Å². The smallest absolute Gasteiger partial charge is 0.138 e. The molecule has 2 N–H and O–H groups in total. The van der Waals surface area contributed by atoms with E-state index < -0.39 is 6.10 Å². The van der Waals surface area contributed by atoms with Crippen LogP contribution in [0.3, 0.4) is 0 Å². The predicted octanol–water partition coefficient (Wildman–Crippen LogP) is 0.688. The molecule has 1 aliphatic heterocycles. The Labute approximate surface area is 140 Å². The molecular weight excluding hydrogens is 306 g/mol. The maximum Gasteiger partial charge on any atom is 0.138 e. The monoisotopic (exact) mass is 327 g/mol. The van der Waals surface area contributed by atoms with E-state index in [1.807, 2.05) is 28.9 Å². The standard InChI is InChI=1S/C17H21N5O2/c18-8-7-13-1-4-16(5-2-13)24-11-15(23)9-19-14-3-6-17-20-12-21-22(17)10-14/h1-2,4-5,12,14-15,19,23H,3,6-7,9-11H2/t14-,15-/m1/s1. The summed E-state index contributed by atoms with van der Waals surface area (Å²) in [7, 11) is 0. The number of aromatic nitrogens is 3. The fourth-order valence-corrected chi connectivity index (χ4v) is 2.75. The van der Waals surface area contributed by atoms with Gasteiger partial charge in [0, 0.05) is 19.0 Å². The molecule has 1 aromatic carbocycles. The molecule has 0 amide bonds. The highest BCUT2D eigenvalue weighted by atomic mass is 16.5. The molecule has 126 valence electrons. The quantitative estimate of drug-likeness (QED) is 0.777. The van der Waals surface area contributed by atoms with E-state index in [1.165, 1.54) is 0 Å². The Kier molecular flexibility index (Phi) is 5.41. The molecule has 0 bridgehead atoms. The molecular formula is C17H21N5O2. The molecule has 0 saturated heterocycles. The molecule has 1 aliphatic rings. The molecule has 2 heterocycles. The number of aryl methyl sites for hydroxylation is 1. The van der Waals surface area contributed by atoms with Gasteiger partial charge < -0.3 is 15.2 Å². The van der Waals surface area contributed by atoms with Crippen molar-refractivity contribution >= 4 is 0 Å². The number of nitrogens with zero attached hydrogens (tertiary/aromatic N) is 4. The highest BCUT2D eigenvalue weighted by Crippen LogP contribution is 2.13. The molecule has 0 spiro atoms. The number of benzene rings is 1. The van der Waals surface area contributed by atoms with Gasteiger partial charge in [0.05, 0.1) is 19.0 Å². The van der Waals surface area contributed by atoms with Gasteiger partial charge in [0.15, 0.2) is 0 Å². The van der Waals surface area contributed by atoms with Crippen molar-refractivity contribution in [1.29, 1.82) is 5.26 Å². The Hall–Kier alpha value is -2.43. The van der Waals surface area contributed by atoms with Crippen molar-refractivity contribution < 1.29 is 9.84 Å². The van der Waals surface area contributed by atoms with Crippen molar-refractivity contribution in [3.8, 4) is 11.8 Å². The van der Waals surface area contributed by atoms with E-state index in [0.717, 1.165) is 30.8 Å². The summed E-state index contributed by atoms with van der Waals surface area (Å²) in [4.78, 5) is 4.20. The first-order valence-electron chi connectivity index (χ1n) is 8.11. The number of rotatable bonds is 7. The van der Waals surface area contributed by atoms with Crippen LogP contribution in [0.5, 0.6) is 5.75 Å². The zero-order chi connectivity index (χ0) is 16.8. The molecule has 0 saturated carbocycles. The van der Waals surface area contributed by atoms with Crippen LogP contribution in [-0.4, -0.2) is 45.2 Å². The highest BCUT2D eigenvalue weighted by Gasteiger charge is 2.20. The van der Waals surface area contributed by atoms with Crippen molar-refractivity contribution in [3.63, 3.8) is 0 Å². The third kappa shape index (κ3) is 4.31. The van der Waals surface area contributed by atoms with Crippen LogP contribution < -0.4 is 10.1 Å². The van der Waals surface area contributed by atoms with Crippen LogP contribution >= 0.6 is 0 Å². The average molecular weight is 327 g/mol. The zero-order valence-electron chi connectivity index (χ0n) is 13.4. The van der Waals surface area contributed by atoms with Crippen molar-refractivity contribution in [2.75, 3.05) is 13.2 Å². The summed E-state index contributed by atoms with van der Waals surface area (Å²) in [5.41, 5.74) is 0.955. The molecule has 0 radical (unpaired) electrons. The van der Waals surface area contributed by atoms with Crippen LogP contribution in [0.1, 0.15) is 17.8 Å². The molecule has 0 unspecified atom stereocenters. The minimum atomic E-state index is -0.582. The van der Waals surface area contributed by atoms with Crippen LogP contribution in [-0.2, 0) is 19.4 Å².